The van der Waals surface area contributed by atoms with E-state index in [0.29, 0.717) is 18.7 Å². The van der Waals surface area contributed by atoms with E-state index in [1.54, 1.807) is 14.0 Å². The lowest BCUT2D eigenvalue weighted by Gasteiger charge is -2.28. The predicted molar refractivity (Wildman–Crippen MR) is 107 cm³/mol. The summed E-state index contributed by atoms with van der Waals surface area (Å²) >= 11 is 0.769. The largest absolute Gasteiger partial charge is 0.516 e. The average molecular weight is 478 g/mol. The number of anilines is 2. The molecule has 1 aromatic carbocycles. The molecule has 2 aromatic rings. The number of hydrogen-bond donors (Lipinski definition) is 1. The molecule has 1 aliphatic rings. The zero-order valence-electron chi connectivity index (χ0n) is 16.3. The third-order valence-corrected chi connectivity index (χ3v) is 6.09. The Bertz CT molecular complexity index is 1120. The smallest absolute Gasteiger partial charge is 0.461 e. The third-order valence-electron chi connectivity index (χ3n) is 4.20. The van der Waals surface area contributed by atoms with Gasteiger partial charge in [0.15, 0.2) is 0 Å². The first-order chi connectivity index (χ1) is 14.5. The number of aromatic nitrogens is 2. The highest BCUT2D eigenvalue weighted by Crippen LogP contribution is 2.39. The second-order valence-electron chi connectivity index (χ2n) is 6.38. The van der Waals surface area contributed by atoms with Crippen LogP contribution in [0.3, 0.4) is 0 Å². The van der Waals surface area contributed by atoms with E-state index in [1.165, 1.54) is 16.9 Å². The topological polar surface area (TPSA) is 126 Å². The highest BCUT2D eigenvalue weighted by molar-refractivity contribution is 7.93. The predicted octanol–water partition coefficient (Wildman–Crippen LogP) is 3.77. The molecule has 0 aliphatic carbocycles. The molecule has 0 atom stereocenters. The molecule has 1 N–H and O–H groups in total. The number of carbonyl (C=O) groups is 1. The van der Waals surface area contributed by atoms with Crippen LogP contribution in [0.2, 0.25) is 0 Å². The van der Waals surface area contributed by atoms with Gasteiger partial charge in [-0.3, -0.25) is 4.72 Å². The number of halogens is 3. The first-order valence-corrected chi connectivity index (χ1v) is 11.2. The number of alkyl halides is 3. The summed E-state index contributed by atoms with van der Waals surface area (Å²) in [5.41, 5.74) is -4.65. The summed E-state index contributed by atoms with van der Waals surface area (Å²) in [5, 5.41) is 14.8. The number of ether oxygens (including phenoxy) is 1. The molecule has 0 saturated carbocycles. The number of aryl methyl sites for hydroxylation is 1. The zero-order valence-corrected chi connectivity index (χ0v) is 17.9. The van der Waals surface area contributed by atoms with Crippen molar-refractivity contribution in [2.24, 2.45) is 10.2 Å². The molecule has 3 rings (SSSR count). The van der Waals surface area contributed by atoms with Crippen LogP contribution >= 0.6 is 11.3 Å². The van der Waals surface area contributed by atoms with Crippen LogP contribution in [0.25, 0.3) is 0 Å². The molecule has 2 heterocycles. The molecule has 0 bridgehead atoms. The van der Waals surface area contributed by atoms with E-state index in [9.17, 15) is 26.4 Å². The van der Waals surface area contributed by atoms with Gasteiger partial charge in [-0.05, 0) is 37.5 Å². The van der Waals surface area contributed by atoms with Crippen molar-refractivity contribution in [3.8, 4) is 0 Å². The molecular weight excluding hydrogens is 461 g/mol. The van der Waals surface area contributed by atoms with Gasteiger partial charge in [0.25, 0.3) is 5.13 Å². The first-order valence-electron chi connectivity index (χ1n) is 8.91. The lowest BCUT2D eigenvalue weighted by Crippen LogP contribution is -2.30. The average Bonchev–Trinajstić information content (AvgIpc) is 3.15. The molecule has 0 radical (unpaired) electrons. The molecule has 0 amide bonds. The van der Waals surface area contributed by atoms with Crippen LogP contribution in [0.1, 0.15) is 28.7 Å². The summed E-state index contributed by atoms with van der Waals surface area (Å²) in [6.45, 7) is 2.43. The minimum absolute atomic E-state index is 0.0532. The lowest BCUT2D eigenvalue weighted by molar-refractivity contribution is -0.0429. The Morgan fingerprint density at radius 1 is 1.32 bits per heavy atom. The number of esters is 1. The van der Waals surface area contributed by atoms with Crippen LogP contribution in [-0.2, 0) is 21.2 Å². The number of nitrogens with one attached hydrogen (secondary N) is 1. The van der Waals surface area contributed by atoms with E-state index in [2.05, 4.69) is 20.4 Å². The number of fused-ring (bicyclic) bond motifs is 1. The Morgan fingerprint density at radius 2 is 2.06 bits per heavy atom. The second kappa shape index (κ2) is 8.74. The van der Waals surface area contributed by atoms with E-state index < -0.39 is 21.5 Å². The van der Waals surface area contributed by atoms with Crippen LogP contribution in [-0.4, -0.2) is 50.3 Å². The summed E-state index contributed by atoms with van der Waals surface area (Å²) in [4.78, 5) is 13.5. The number of azo groups is 1. The van der Waals surface area contributed by atoms with Crippen molar-refractivity contribution in [2.75, 3.05) is 29.8 Å². The van der Waals surface area contributed by atoms with Gasteiger partial charge in [0.05, 0.1) is 12.3 Å². The van der Waals surface area contributed by atoms with E-state index in [1.807, 2.05) is 4.90 Å². The Labute approximate surface area is 179 Å². The molecule has 0 saturated heterocycles. The Hall–Kier alpha value is -2.81. The van der Waals surface area contributed by atoms with Crippen molar-refractivity contribution in [1.82, 2.24) is 10.2 Å². The fourth-order valence-electron chi connectivity index (χ4n) is 2.80. The number of rotatable bonds is 6. The van der Waals surface area contributed by atoms with Gasteiger partial charge in [0.1, 0.15) is 5.69 Å². The molecule has 31 heavy (non-hydrogen) atoms. The summed E-state index contributed by atoms with van der Waals surface area (Å²) in [6.07, 6.45) is 1.45. The Morgan fingerprint density at radius 3 is 2.74 bits per heavy atom. The molecule has 1 aliphatic heterocycles. The SMILES string of the molecule is CCOC(=O)c1nnc(/N=N/c2cc3c(cc2NS(=O)(=O)C(F)(F)F)N(C)CCC3)s1. The van der Waals surface area contributed by atoms with Gasteiger partial charge in [0.2, 0.25) is 5.01 Å². The van der Waals surface area contributed by atoms with Gasteiger partial charge in [-0.2, -0.15) is 21.6 Å². The monoisotopic (exact) mass is 478 g/mol. The quantitative estimate of drug-likeness (QED) is 0.495. The molecule has 0 spiro atoms. The number of benzene rings is 1. The van der Waals surface area contributed by atoms with Crippen LogP contribution in [0.4, 0.5) is 35.4 Å². The van der Waals surface area contributed by atoms with E-state index in [0.717, 1.165) is 23.3 Å². The first kappa shape index (κ1) is 22.9. The van der Waals surface area contributed by atoms with E-state index in [-0.39, 0.29) is 28.1 Å². The van der Waals surface area contributed by atoms with Gasteiger partial charge in [0, 0.05) is 19.3 Å². The number of hydrogen-bond acceptors (Lipinski definition) is 10. The number of carbonyl (C=O) groups excluding carboxylic acids is 1. The minimum atomic E-state index is -5.67. The maximum absolute atomic E-state index is 12.9. The maximum atomic E-state index is 12.9. The van der Waals surface area contributed by atoms with E-state index in [4.69, 9.17) is 4.74 Å². The highest BCUT2D eigenvalue weighted by Gasteiger charge is 2.46. The van der Waals surface area contributed by atoms with Crippen molar-refractivity contribution >= 4 is 49.5 Å². The van der Waals surface area contributed by atoms with Crippen molar-refractivity contribution in [3.05, 3.63) is 22.7 Å². The fraction of sp³-hybridized carbons (Fsp3) is 0.438. The van der Waals surface area contributed by atoms with Gasteiger partial charge in [-0.25, -0.2) is 4.79 Å². The van der Waals surface area contributed by atoms with Gasteiger partial charge >= 0.3 is 21.5 Å². The molecule has 15 heteroatoms. The summed E-state index contributed by atoms with van der Waals surface area (Å²) < 4.78 is 68.3. The van der Waals surface area contributed by atoms with Crippen molar-refractivity contribution < 1.29 is 31.1 Å². The molecule has 1 aromatic heterocycles. The van der Waals surface area contributed by atoms with E-state index >= 15 is 0 Å². The van der Waals surface area contributed by atoms with Crippen molar-refractivity contribution in [2.45, 2.75) is 25.3 Å². The second-order valence-corrected chi connectivity index (χ2v) is 9.01. The summed E-state index contributed by atoms with van der Waals surface area (Å²) in [7, 11) is -3.92. The molecule has 10 nitrogen and oxygen atoms in total. The van der Waals surface area contributed by atoms with Gasteiger partial charge in [-0.15, -0.1) is 20.4 Å². The molecule has 0 fully saturated rings. The molecular formula is C16H17F3N6O4S2. The highest BCUT2D eigenvalue weighted by atomic mass is 32.2. The minimum Gasteiger partial charge on any atom is -0.461 e. The molecule has 0 unspecified atom stereocenters. The van der Waals surface area contributed by atoms with Crippen LogP contribution in [0.5, 0.6) is 0 Å². The molecule has 168 valence electrons. The Balaban J connectivity index is 1.98. The van der Waals surface area contributed by atoms with Gasteiger partial charge in [-0.1, -0.05) is 11.3 Å². The zero-order chi connectivity index (χ0) is 22.8. The summed E-state index contributed by atoms with van der Waals surface area (Å²) in [6, 6.07) is 2.76. The van der Waals surface area contributed by atoms with Crippen LogP contribution < -0.4 is 9.62 Å². The normalized spacial score (nSPS) is 14.5. The Kier molecular flexibility index (Phi) is 6.45. The van der Waals surface area contributed by atoms with Crippen molar-refractivity contribution in [3.63, 3.8) is 0 Å². The standard InChI is InChI=1S/C16H17F3N6O4S2/c1-3-29-14(26)13-21-23-15(30-13)22-20-10-7-9-5-4-6-25(2)12(9)8-11(10)24-31(27,28)16(17,18)19/h7-8,24H,3-6H2,1-2H3/b22-20+. The lowest BCUT2D eigenvalue weighted by atomic mass is 10.0. The van der Waals surface area contributed by atoms with Crippen molar-refractivity contribution in [1.29, 1.82) is 0 Å². The third kappa shape index (κ3) is 5.10. The number of sulfonamides is 1. The fourth-order valence-corrected chi connectivity index (χ4v) is 3.93. The summed E-state index contributed by atoms with van der Waals surface area (Å²) in [5.74, 6) is -0.697. The van der Waals surface area contributed by atoms with Crippen LogP contribution in [0.15, 0.2) is 22.4 Å². The van der Waals surface area contributed by atoms with Crippen LogP contribution in [0, 0.1) is 0 Å². The number of nitrogens with zero attached hydrogens (tertiary/aromatic N) is 5. The maximum Gasteiger partial charge on any atom is 0.516 e. The van der Waals surface area contributed by atoms with Gasteiger partial charge < -0.3 is 9.64 Å².